The summed E-state index contributed by atoms with van der Waals surface area (Å²) in [6, 6.07) is 6.31. The second-order valence-electron chi connectivity index (χ2n) is 7.51. The summed E-state index contributed by atoms with van der Waals surface area (Å²) in [5, 5.41) is 7.61. The number of hydrogen-bond donors (Lipinski definition) is 2. The standard InChI is InChI=1S/C19H28ClN3O2S/c1-14-6-7-17(20)10-16(14)12-22-19(23-18-4-2-3-5-18)21-11-15-8-9-26(24,25)13-15/h6-7,10,15,18H,2-5,8-9,11-13H2,1H3,(H2,21,22,23). The molecule has 3 rings (SSSR count). The van der Waals surface area contributed by atoms with E-state index in [0.29, 0.717) is 24.9 Å². The topological polar surface area (TPSA) is 70.6 Å². The van der Waals surface area contributed by atoms with Gasteiger partial charge in [0.1, 0.15) is 0 Å². The van der Waals surface area contributed by atoms with E-state index in [1.807, 2.05) is 18.2 Å². The van der Waals surface area contributed by atoms with E-state index < -0.39 is 9.84 Å². The third-order valence-corrected chi connectivity index (χ3v) is 7.37. The quantitative estimate of drug-likeness (QED) is 0.591. The molecule has 5 nitrogen and oxygen atoms in total. The molecule has 1 saturated carbocycles. The number of aliphatic imine (C=N–C) groups is 1. The molecule has 1 aromatic rings. The van der Waals surface area contributed by atoms with Crippen molar-refractivity contribution in [2.75, 3.05) is 18.1 Å². The Balaban J connectivity index is 1.64. The SMILES string of the molecule is Cc1ccc(Cl)cc1CN=C(NCC1CCS(=O)(=O)C1)NC1CCCC1. The number of hydrogen-bond acceptors (Lipinski definition) is 3. The Kier molecular flexibility index (Phi) is 6.46. The normalized spacial score (nSPS) is 23.3. The fraction of sp³-hybridized carbons (Fsp3) is 0.632. The maximum absolute atomic E-state index is 11.7. The predicted octanol–water partition coefficient (Wildman–Crippen LogP) is 3.06. The van der Waals surface area contributed by atoms with Crippen LogP contribution in [0.3, 0.4) is 0 Å². The van der Waals surface area contributed by atoms with E-state index >= 15 is 0 Å². The van der Waals surface area contributed by atoms with Crippen molar-refractivity contribution in [2.45, 2.75) is 51.6 Å². The molecule has 1 unspecified atom stereocenters. The van der Waals surface area contributed by atoms with E-state index in [-0.39, 0.29) is 11.7 Å². The van der Waals surface area contributed by atoms with Crippen molar-refractivity contribution in [3.63, 3.8) is 0 Å². The van der Waals surface area contributed by atoms with Gasteiger partial charge in [-0.2, -0.15) is 0 Å². The molecule has 1 aromatic carbocycles. The minimum Gasteiger partial charge on any atom is -0.356 e. The molecule has 2 aliphatic rings. The Bertz CT molecular complexity index is 758. The Morgan fingerprint density at radius 1 is 1.27 bits per heavy atom. The fourth-order valence-corrected chi connectivity index (χ4v) is 5.72. The Morgan fingerprint density at radius 3 is 2.73 bits per heavy atom. The third-order valence-electron chi connectivity index (χ3n) is 5.30. The lowest BCUT2D eigenvalue weighted by atomic mass is 10.1. The molecule has 2 N–H and O–H groups in total. The van der Waals surface area contributed by atoms with Crippen molar-refractivity contribution in [3.8, 4) is 0 Å². The highest BCUT2D eigenvalue weighted by Gasteiger charge is 2.28. The average molecular weight is 398 g/mol. The van der Waals surface area contributed by atoms with Crippen LogP contribution in [-0.4, -0.2) is 38.5 Å². The van der Waals surface area contributed by atoms with Gasteiger partial charge in [-0.05, 0) is 55.4 Å². The number of benzene rings is 1. The van der Waals surface area contributed by atoms with Crippen molar-refractivity contribution in [1.82, 2.24) is 10.6 Å². The molecule has 144 valence electrons. The van der Waals surface area contributed by atoms with Gasteiger partial charge in [-0.15, -0.1) is 0 Å². The van der Waals surface area contributed by atoms with Crippen LogP contribution in [-0.2, 0) is 16.4 Å². The van der Waals surface area contributed by atoms with Gasteiger partial charge in [0.15, 0.2) is 15.8 Å². The first-order valence-corrected chi connectivity index (χ1v) is 11.6. The molecule has 1 atom stereocenters. The molecule has 2 fully saturated rings. The number of guanidine groups is 1. The zero-order valence-electron chi connectivity index (χ0n) is 15.3. The van der Waals surface area contributed by atoms with Crippen LogP contribution < -0.4 is 10.6 Å². The van der Waals surface area contributed by atoms with E-state index in [1.165, 1.54) is 18.4 Å². The third kappa shape index (κ3) is 5.61. The van der Waals surface area contributed by atoms with Crippen LogP contribution in [0.4, 0.5) is 0 Å². The van der Waals surface area contributed by atoms with Crippen molar-refractivity contribution in [3.05, 3.63) is 34.3 Å². The molecule has 0 radical (unpaired) electrons. The fourth-order valence-electron chi connectivity index (χ4n) is 3.66. The first-order valence-electron chi connectivity index (χ1n) is 9.41. The summed E-state index contributed by atoms with van der Waals surface area (Å²) >= 11 is 6.11. The number of halogens is 1. The summed E-state index contributed by atoms with van der Waals surface area (Å²) in [7, 11) is -2.85. The van der Waals surface area contributed by atoms with E-state index in [2.05, 4.69) is 17.6 Å². The highest BCUT2D eigenvalue weighted by atomic mass is 35.5. The highest BCUT2D eigenvalue weighted by molar-refractivity contribution is 7.91. The second kappa shape index (κ2) is 8.61. The molecular formula is C19H28ClN3O2S. The van der Waals surface area contributed by atoms with Gasteiger partial charge >= 0.3 is 0 Å². The number of nitrogens with zero attached hydrogens (tertiary/aromatic N) is 1. The highest BCUT2D eigenvalue weighted by Crippen LogP contribution is 2.19. The van der Waals surface area contributed by atoms with E-state index in [9.17, 15) is 8.42 Å². The van der Waals surface area contributed by atoms with Crippen molar-refractivity contribution >= 4 is 27.4 Å². The van der Waals surface area contributed by atoms with Crippen LogP contribution >= 0.6 is 11.6 Å². The number of sulfone groups is 1. The van der Waals surface area contributed by atoms with Gasteiger partial charge in [-0.3, -0.25) is 0 Å². The molecule has 0 aromatic heterocycles. The van der Waals surface area contributed by atoms with Crippen LogP contribution in [0.5, 0.6) is 0 Å². The van der Waals surface area contributed by atoms with Gasteiger partial charge in [0, 0.05) is 17.6 Å². The molecule has 0 spiro atoms. The number of rotatable bonds is 5. The molecule has 0 amide bonds. The van der Waals surface area contributed by atoms with Crippen LogP contribution in [0.15, 0.2) is 23.2 Å². The lowest BCUT2D eigenvalue weighted by Gasteiger charge is -2.19. The average Bonchev–Trinajstić information content (AvgIpc) is 3.22. The lowest BCUT2D eigenvalue weighted by molar-refractivity contribution is 0.553. The lowest BCUT2D eigenvalue weighted by Crippen LogP contribution is -2.44. The zero-order chi connectivity index (χ0) is 18.6. The smallest absolute Gasteiger partial charge is 0.191 e. The summed E-state index contributed by atoms with van der Waals surface area (Å²) in [6.07, 6.45) is 5.56. The van der Waals surface area contributed by atoms with Gasteiger partial charge in [-0.25, -0.2) is 13.4 Å². The summed E-state index contributed by atoms with van der Waals surface area (Å²) in [4.78, 5) is 4.74. The molecule has 1 aliphatic heterocycles. The molecule has 1 saturated heterocycles. The van der Waals surface area contributed by atoms with Crippen molar-refractivity contribution < 1.29 is 8.42 Å². The maximum Gasteiger partial charge on any atom is 0.191 e. The van der Waals surface area contributed by atoms with Crippen LogP contribution in [0.2, 0.25) is 5.02 Å². The molecular weight excluding hydrogens is 370 g/mol. The number of aryl methyl sites for hydroxylation is 1. The van der Waals surface area contributed by atoms with E-state index in [0.717, 1.165) is 35.8 Å². The van der Waals surface area contributed by atoms with Crippen LogP contribution in [0.1, 0.15) is 43.2 Å². The second-order valence-corrected chi connectivity index (χ2v) is 10.2. The summed E-state index contributed by atoms with van der Waals surface area (Å²) in [5.41, 5.74) is 2.27. The molecule has 1 aliphatic carbocycles. The largest absolute Gasteiger partial charge is 0.356 e. The molecule has 7 heteroatoms. The summed E-state index contributed by atoms with van der Waals surface area (Å²) in [6.45, 7) is 3.26. The summed E-state index contributed by atoms with van der Waals surface area (Å²) < 4.78 is 23.3. The Labute approximate surface area is 161 Å². The van der Waals surface area contributed by atoms with Gasteiger partial charge < -0.3 is 10.6 Å². The number of nitrogens with one attached hydrogen (secondary N) is 2. The van der Waals surface area contributed by atoms with Gasteiger partial charge in [0.05, 0.1) is 18.1 Å². The van der Waals surface area contributed by atoms with E-state index in [4.69, 9.17) is 16.6 Å². The monoisotopic (exact) mass is 397 g/mol. The van der Waals surface area contributed by atoms with Crippen LogP contribution in [0.25, 0.3) is 0 Å². The Morgan fingerprint density at radius 2 is 2.04 bits per heavy atom. The van der Waals surface area contributed by atoms with E-state index in [1.54, 1.807) is 0 Å². The predicted molar refractivity (Wildman–Crippen MR) is 107 cm³/mol. The first-order chi connectivity index (χ1) is 12.4. The van der Waals surface area contributed by atoms with Crippen LogP contribution in [0, 0.1) is 12.8 Å². The first kappa shape index (κ1) is 19.5. The van der Waals surface area contributed by atoms with Gasteiger partial charge in [0.25, 0.3) is 0 Å². The minimum absolute atomic E-state index is 0.170. The van der Waals surface area contributed by atoms with Gasteiger partial charge in [-0.1, -0.05) is 30.5 Å². The molecule has 0 bridgehead atoms. The zero-order valence-corrected chi connectivity index (χ0v) is 16.9. The summed E-state index contributed by atoms with van der Waals surface area (Å²) in [5.74, 6) is 1.54. The Hall–Kier alpha value is -1.27. The minimum atomic E-state index is -2.85. The molecule has 26 heavy (non-hydrogen) atoms. The molecule has 1 heterocycles. The van der Waals surface area contributed by atoms with Crippen molar-refractivity contribution in [2.24, 2.45) is 10.9 Å². The maximum atomic E-state index is 11.7. The van der Waals surface area contributed by atoms with Crippen molar-refractivity contribution in [1.29, 1.82) is 0 Å². The van der Waals surface area contributed by atoms with Gasteiger partial charge in [0.2, 0.25) is 0 Å².